The quantitative estimate of drug-likeness (QED) is 0.717. The van der Waals surface area contributed by atoms with E-state index in [0.29, 0.717) is 11.4 Å². The van der Waals surface area contributed by atoms with Crippen molar-refractivity contribution >= 4 is 23.6 Å². The van der Waals surface area contributed by atoms with E-state index in [0.717, 1.165) is 0 Å². The summed E-state index contributed by atoms with van der Waals surface area (Å²) in [7, 11) is 0. The van der Waals surface area contributed by atoms with Crippen molar-refractivity contribution in [1.82, 2.24) is 5.32 Å². The number of furan rings is 1. The number of alkyl halides is 2. The van der Waals surface area contributed by atoms with Gasteiger partial charge < -0.3 is 19.8 Å². The zero-order valence-corrected chi connectivity index (χ0v) is 13.1. The minimum absolute atomic E-state index is 0.00334. The molecule has 2 N–H and O–H groups in total. The molecule has 25 heavy (non-hydrogen) atoms. The minimum Gasteiger partial charge on any atom is -0.465 e. The Balaban J connectivity index is 1.69. The third-order valence-corrected chi connectivity index (χ3v) is 2.96. The molecule has 0 aliphatic heterocycles. The molecule has 0 unspecified atom stereocenters. The molecule has 0 aliphatic carbocycles. The van der Waals surface area contributed by atoms with E-state index in [9.17, 15) is 18.4 Å². The Labute approximate surface area is 142 Å². The number of amides is 2. The fourth-order valence-corrected chi connectivity index (χ4v) is 1.85. The second kappa shape index (κ2) is 9.21. The van der Waals surface area contributed by atoms with Crippen LogP contribution in [0.5, 0.6) is 5.75 Å². The number of hydrogen-bond acceptors (Lipinski definition) is 4. The third-order valence-electron chi connectivity index (χ3n) is 2.96. The van der Waals surface area contributed by atoms with Gasteiger partial charge in [0.15, 0.2) is 0 Å². The van der Waals surface area contributed by atoms with E-state index >= 15 is 0 Å². The van der Waals surface area contributed by atoms with Crippen LogP contribution in [0.1, 0.15) is 12.2 Å². The van der Waals surface area contributed by atoms with Crippen LogP contribution in [0.4, 0.5) is 14.5 Å². The maximum absolute atomic E-state index is 12.0. The van der Waals surface area contributed by atoms with Gasteiger partial charge >= 0.3 is 6.61 Å². The predicted molar refractivity (Wildman–Crippen MR) is 87.1 cm³/mol. The van der Waals surface area contributed by atoms with E-state index in [2.05, 4.69) is 15.4 Å². The molecule has 2 amide bonds. The largest absolute Gasteiger partial charge is 0.465 e. The molecule has 6 nitrogen and oxygen atoms in total. The predicted octanol–water partition coefficient (Wildman–Crippen LogP) is 3.04. The number of benzene rings is 1. The average Bonchev–Trinajstić information content (AvgIpc) is 3.08. The molecule has 132 valence electrons. The molecule has 0 saturated heterocycles. The Morgan fingerprint density at radius 2 is 1.96 bits per heavy atom. The zero-order chi connectivity index (χ0) is 18.1. The standard InChI is InChI=1S/C17H16F2N2O4/c18-17(19)25-14-5-3-12(4-6-14)21-16(23)9-10-20-15(22)8-7-13-2-1-11-24-13/h1-8,11,17H,9-10H2,(H,20,22)(H,21,23)/b8-7+. The van der Waals surface area contributed by atoms with Crippen LogP contribution in [-0.4, -0.2) is 25.0 Å². The van der Waals surface area contributed by atoms with Crippen LogP contribution in [0.2, 0.25) is 0 Å². The zero-order valence-electron chi connectivity index (χ0n) is 13.1. The molecule has 8 heteroatoms. The number of halogens is 2. The fourth-order valence-electron chi connectivity index (χ4n) is 1.85. The maximum atomic E-state index is 12.0. The van der Waals surface area contributed by atoms with Gasteiger partial charge in [-0.3, -0.25) is 9.59 Å². The topological polar surface area (TPSA) is 80.6 Å². The van der Waals surface area contributed by atoms with Crippen LogP contribution in [0.25, 0.3) is 6.08 Å². The van der Waals surface area contributed by atoms with Crippen LogP contribution in [0.15, 0.2) is 53.2 Å². The molecule has 1 aromatic heterocycles. The van der Waals surface area contributed by atoms with Crippen molar-refractivity contribution in [3.05, 3.63) is 54.5 Å². The summed E-state index contributed by atoms with van der Waals surface area (Å²) in [4.78, 5) is 23.3. The molecule has 0 saturated carbocycles. The van der Waals surface area contributed by atoms with Gasteiger partial charge in [-0.2, -0.15) is 8.78 Å². The summed E-state index contributed by atoms with van der Waals surface area (Å²) in [5.41, 5.74) is 0.440. The molecule has 2 rings (SSSR count). The second-order valence-electron chi connectivity index (χ2n) is 4.84. The fraction of sp³-hybridized carbons (Fsp3) is 0.176. The molecule has 0 bridgehead atoms. The highest BCUT2D eigenvalue weighted by atomic mass is 19.3. The first kappa shape index (κ1) is 18.2. The Kier molecular flexibility index (Phi) is 6.70. The summed E-state index contributed by atoms with van der Waals surface area (Å²) in [6, 6.07) is 8.94. The molecule has 2 aromatic rings. The smallest absolute Gasteiger partial charge is 0.387 e. The maximum Gasteiger partial charge on any atom is 0.387 e. The van der Waals surface area contributed by atoms with Gasteiger partial charge in [-0.05, 0) is 42.5 Å². The lowest BCUT2D eigenvalue weighted by Gasteiger charge is -2.07. The van der Waals surface area contributed by atoms with Crippen molar-refractivity contribution in [2.24, 2.45) is 0 Å². The normalized spacial score (nSPS) is 10.8. The summed E-state index contributed by atoms with van der Waals surface area (Å²) in [6.07, 6.45) is 4.38. The van der Waals surface area contributed by atoms with Crippen LogP contribution in [-0.2, 0) is 9.59 Å². The van der Waals surface area contributed by atoms with Crippen molar-refractivity contribution in [2.45, 2.75) is 13.0 Å². The van der Waals surface area contributed by atoms with Gasteiger partial charge in [0, 0.05) is 24.7 Å². The highest BCUT2D eigenvalue weighted by Crippen LogP contribution is 2.17. The lowest BCUT2D eigenvalue weighted by atomic mass is 10.3. The molecule has 0 fully saturated rings. The van der Waals surface area contributed by atoms with Crippen molar-refractivity contribution in [3.63, 3.8) is 0 Å². The highest BCUT2D eigenvalue weighted by molar-refractivity contribution is 5.93. The summed E-state index contributed by atoms with van der Waals surface area (Å²) in [5, 5.41) is 5.15. The van der Waals surface area contributed by atoms with Crippen molar-refractivity contribution in [3.8, 4) is 5.75 Å². The highest BCUT2D eigenvalue weighted by Gasteiger charge is 2.06. The number of carbonyl (C=O) groups excluding carboxylic acids is 2. The first-order valence-corrected chi connectivity index (χ1v) is 7.37. The molecule has 1 aromatic carbocycles. The Morgan fingerprint density at radius 1 is 1.20 bits per heavy atom. The van der Waals surface area contributed by atoms with Gasteiger partial charge in [-0.25, -0.2) is 0 Å². The average molecular weight is 350 g/mol. The van der Waals surface area contributed by atoms with Gasteiger partial charge in [-0.15, -0.1) is 0 Å². The lowest BCUT2D eigenvalue weighted by Crippen LogP contribution is -2.26. The molecule has 0 spiro atoms. The van der Waals surface area contributed by atoms with Gasteiger partial charge in [0.05, 0.1) is 6.26 Å². The van der Waals surface area contributed by atoms with E-state index in [1.54, 1.807) is 12.1 Å². The number of carbonyl (C=O) groups is 2. The molecular formula is C17H16F2N2O4. The summed E-state index contributed by atoms with van der Waals surface area (Å²) < 4.78 is 33.3. The molecule has 0 aliphatic rings. The van der Waals surface area contributed by atoms with Gasteiger partial charge in [0.25, 0.3) is 0 Å². The van der Waals surface area contributed by atoms with Gasteiger partial charge in [0.1, 0.15) is 11.5 Å². The van der Waals surface area contributed by atoms with Crippen LogP contribution in [0.3, 0.4) is 0 Å². The minimum atomic E-state index is -2.90. The van der Waals surface area contributed by atoms with Crippen molar-refractivity contribution in [1.29, 1.82) is 0 Å². The Bertz CT molecular complexity index is 713. The molecule has 1 heterocycles. The number of nitrogens with one attached hydrogen (secondary N) is 2. The van der Waals surface area contributed by atoms with E-state index in [1.807, 2.05) is 0 Å². The number of hydrogen-bond donors (Lipinski definition) is 2. The number of rotatable bonds is 8. The van der Waals surface area contributed by atoms with Crippen molar-refractivity contribution < 1.29 is 27.5 Å². The van der Waals surface area contributed by atoms with Crippen LogP contribution < -0.4 is 15.4 Å². The van der Waals surface area contributed by atoms with E-state index in [4.69, 9.17) is 4.42 Å². The second-order valence-corrected chi connectivity index (χ2v) is 4.84. The molecular weight excluding hydrogens is 334 g/mol. The van der Waals surface area contributed by atoms with Gasteiger partial charge in [0.2, 0.25) is 11.8 Å². The molecule has 0 atom stereocenters. The van der Waals surface area contributed by atoms with Crippen molar-refractivity contribution in [2.75, 3.05) is 11.9 Å². The van der Waals surface area contributed by atoms with E-state index < -0.39 is 6.61 Å². The number of anilines is 1. The van der Waals surface area contributed by atoms with E-state index in [-0.39, 0.29) is 30.5 Å². The van der Waals surface area contributed by atoms with Gasteiger partial charge in [-0.1, -0.05) is 0 Å². The lowest BCUT2D eigenvalue weighted by molar-refractivity contribution is -0.117. The van der Waals surface area contributed by atoms with Crippen LogP contribution >= 0.6 is 0 Å². The first-order chi connectivity index (χ1) is 12.0. The molecule has 0 radical (unpaired) electrons. The number of ether oxygens (including phenoxy) is 1. The summed E-state index contributed by atoms with van der Waals surface area (Å²) >= 11 is 0. The van der Waals surface area contributed by atoms with Crippen LogP contribution in [0, 0.1) is 0 Å². The first-order valence-electron chi connectivity index (χ1n) is 7.37. The Morgan fingerprint density at radius 3 is 2.60 bits per heavy atom. The third kappa shape index (κ3) is 6.86. The Hall–Kier alpha value is -3.16. The summed E-state index contributed by atoms with van der Waals surface area (Å²) in [6.45, 7) is -2.74. The monoisotopic (exact) mass is 350 g/mol. The SMILES string of the molecule is O=C(/C=C/c1ccco1)NCCC(=O)Nc1ccc(OC(F)F)cc1. The van der Waals surface area contributed by atoms with E-state index in [1.165, 1.54) is 42.7 Å². The summed E-state index contributed by atoms with van der Waals surface area (Å²) in [5.74, 6) is -0.119.